The Kier molecular flexibility index (Phi) is 37.8. The first-order valence-electron chi connectivity index (χ1n) is 3.42. The molecule has 0 unspecified atom stereocenters. The van der Waals surface area contributed by atoms with E-state index >= 15 is 0 Å². The summed E-state index contributed by atoms with van der Waals surface area (Å²) in [6, 6.07) is -0.0769. The van der Waals surface area contributed by atoms with Crippen LogP contribution in [0.2, 0.25) is 12.6 Å². The van der Waals surface area contributed by atoms with Gasteiger partial charge in [0.2, 0.25) is 0 Å². The molecule has 0 spiro atoms. The van der Waals surface area contributed by atoms with Crippen molar-refractivity contribution in [3.8, 4) is 0 Å². The van der Waals surface area contributed by atoms with E-state index in [0.29, 0.717) is 61.2 Å². The third-order valence-electron chi connectivity index (χ3n) is 1.10. The van der Waals surface area contributed by atoms with Gasteiger partial charge in [-0.2, -0.15) is 22.0 Å². The van der Waals surface area contributed by atoms with Crippen molar-refractivity contribution in [2.75, 3.05) is 0 Å². The van der Waals surface area contributed by atoms with Gasteiger partial charge in [0.1, 0.15) is 0 Å². The minimum atomic E-state index is -5.38. The SMILES string of the molecule is C[Si]CCC(F)(F)C(F)(F)F.[N]#[Y].[N]#[Y].[Y].[Y]. The van der Waals surface area contributed by atoms with E-state index in [1.807, 2.05) is 0 Å². The summed E-state index contributed by atoms with van der Waals surface area (Å²) in [6.07, 6.45) is -6.47. The molecule has 0 aliphatic heterocycles. The Morgan fingerprint density at radius 1 is 0.941 bits per heavy atom. The van der Waals surface area contributed by atoms with Gasteiger partial charge >= 0.3 is 77.9 Å². The molecule has 0 aromatic rings. The molecule has 0 heterocycles. The molecule has 4 radical (unpaired) electrons. The number of hydrogen-bond acceptors (Lipinski definition) is 2. The van der Waals surface area contributed by atoms with Gasteiger partial charge in [-0.15, -0.1) is 0 Å². The second-order valence-electron chi connectivity index (χ2n) is 2.06. The Morgan fingerprint density at radius 3 is 1.41 bits per heavy atom. The molecule has 12 heteroatoms. The molecule has 0 aromatic heterocycles. The van der Waals surface area contributed by atoms with Gasteiger partial charge in [-0.25, -0.2) is 0 Å². The molecule has 0 bridgehead atoms. The average Bonchev–Trinajstić information content (AvgIpc) is 2.19. The normalized spacial score (nSPS) is 9.41. The zero-order valence-electron chi connectivity index (χ0n) is 9.01. The molecule has 0 aliphatic rings. The number of halogens is 5. The summed E-state index contributed by atoms with van der Waals surface area (Å²) < 4.78 is 72.5. The van der Waals surface area contributed by atoms with Crippen molar-refractivity contribution in [1.29, 1.82) is 4.55 Å². The van der Waals surface area contributed by atoms with Crippen LogP contribution in [0, 0.1) is 4.55 Å². The van der Waals surface area contributed by atoms with Crippen molar-refractivity contribution >= 4 is 9.52 Å². The van der Waals surface area contributed by atoms with Crippen molar-refractivity contribution in [2.45, 2.75) is 31.1 Å². The van der Waals surface area contributed by atoms with E-state index in [0.717, 1.165) is 0 Å². The largest absolute Gasteiger partial charge is 0 e. The molecule has 0 amide bonds. The predicted octanol–water partition coefficient (Wildman–Crippen LogP) is 2.76. The van der Waals surface area contributed by atoms with Gasteiger partial charge in [0.15, 0.2) is 0 Å². The van der Waals surface area contributed by atoms with Crippen LogP contribution in [-0.2, 0) is 127 Å². The van der Waals surface area contributed by atoms with Gasteiger partial charge in [0.25, 0.3) is 0 Å². The maximum atomic E-state index is 12.0. The van der Waals surface area contributed by atoms with Crippen molar-refractivity contribution < 1.29 is 149 Å². The summed E-state index contributed by atoms with van der Waals surface area (Å²) in [5, 5.41) is 0. The van der Waals surface area contributed by atoms with Gasteiger partial charge < -0.3 is 0 Å². The topological polar surface area (TPSA) is 47.6 Å². The first-order valence-corrected chi connectivity index (χ1v) is 7.66. The van der Waals surface area contributed by atoms with Crippen LogP contribution in [0.25, 0.3) is 0 Å². The molecule has 88 valence electrons. The van der Waals surface area contributed by atoms with E-state index in [1.54, 1.807) is 6.55 Å². The van der Waals surface area contributed by atoms with Gasteiger partial charge in [-0.05, 0) is 0 Å². The van der Waals surface area contributed by atoms with Crippen molar-refractivity contribution in [3.05, 3.63) is 0 Å². The van der Waals surface area contributed by atoms with Gasteiger partial charge in [-0.1, -0.05) is 12.6 Å². The molecule has 0 saturated heterocycles. The quantitative estimate of drug-likeness (QED) is 0.385. The summed E-state index contributed by atoms with van der Waals surface area (Å²) in [5.41, 5.74) is 0. The Balaban J connectivity index is -0.0000000720. The second kappa shape index (κ2) is 19.7. The molecular formula is C5H7F5N2SiY4. The van der Waals surface area contributed by atoms with E-state index in [1.165, 1.54) is 0 Å². The third kappa shape index (κ3) is 19.7. The number of nitrogens with zero attached hydrogens (tertiary/aromatic N) is 2. The van der Waals surface area contributed by atoms with E-state index < -0.39 is 18.5 Å². The maximum absolute atomic E-state index is 12.0. The third-order valence-corrected chi connectivity index (χ3v) is 1.85. The monoisotopic (exact) mass is 574 g/mol. The molecule has 0 rings (SSSR count). The zero-order valence-corrected chi connectivity index (χ0v) is 21.4. The molecule has 0 atom stereocenters. The molecular weight excluding hydrogens is 567 g/mol. The van der Waals surface area contributed by atoms with Crippen LogP contribution in [0.15, 0.2) is 0 Å². The fraction of sp³-hybridized carbons (Fsp3) is 1.00. The van der Waals surface area contributed by atoms with Crippen LogP contribution in [-0.4, -0.2) is 21.6 Å². The van der Waals surface area contributed by atoms with Gasteiger partial charge in [-0.3, -0.25) is 0 Å². The second-order valence-corrected chi connectivity index (χ2v) is 3.26. The van der Waals surface area contributed by atoms with Gasteiger partial charge in [0, 0.05) is 81.4 Å². The van der Waals surface area contributed by atoms with Crippen molar-refractivity contribution in [3.63, 3.8) is 0 Å². The standard InChI is InChI=1S/C5H7F5Si.2N.4Y/c1-11-3-2-4(6,7)5(8,9)10;;;;;;/h2-3H2,1H3;;;;;;. The minimum absolute atomic E-state index is 0. The Bertz CT molecular complexity index is 192. The van der Waals surface area contributed by atoms with Crippen molar-refractivity contribution in [2.24, 2.45) is 0 Å². The van der Waals surface area contributed by atoms with Crippen LogP contribution in [0.5, 0.6) is 0 Å². The summed E-state index contributed by atoms with van der Waals surface area (Å²) in [7, 11) is 0.130. The smallest absolute Gasteiger partial charge is 0 e. The maximum Gasteiger partial charge on any atom is 0 e. The zero-order chi connectivity index (χ0) is 13.1. The average molecular weight is 574 g/mol. The molecule has 0 fully saturated rings. The van der Waals surface area contributed by atoms with Crippen LogP contribution < -0.4 is 0 Å². The number of alkyl halides is 5. The summed E-state index contributed by atoms with van der Waals surface area (Å²) in [4.78, 5) is 0. The molecule has 2 nitrogen and oxygen atoms in total. The summed E-state index contributed by atoms with van der Waals surface area (Å²) in [6.45, 7) is 1.59. The molecule has 0 aliphatic carbocycles. The van der Waals surface area contributed by atoms with E-state index in [2.05, 4.69) is 0 Å². The molecule has 17 heavy (non-hydrogen) atoms. The number of hydrogen-bond donors (Lipinski definition) is 0. The van der Waals surface area contributed by atoms with Gasteiger partial charge in [0.05, 0.1) is 0 Å². The Morgan fingerprint density at radius 2 is 1.24 bits per heavy atom. The number of rotatable bonds is 3. The molecule has 0 aromatic carbocycles. The van der Waals surface area contributed by atoms with Crippen LogP contribution in [0.3, 0.4) is 0 Å². The van der Waals surface area contributed by atoms with E-state index in [-0.39, 0.29) is 81.0 Å². The van der Waals surface area contributed by atoms with Crippen LogP contribution >= 0.6 is 0 Å². The minimum Gasteiger partial charge on any atom is 0 e. The van der Waals surface area contributed by atoms with Crippen molar-refractivity contribution in [1.82, 2.24) is 0 Å². The summed E-state index contributed by atoms with van der Waals surface area (Å²) in [5.74, 6) is -4.50. The van der Waals surface area contributed by atoms with Crippen LogP contribution in [0.4, 0.5) is 22.0 Å². The molecule has 0 saturated carbocycles. The van der Waals surface area contributed by atoms with E-state index in [9.17, 15) is 22.0 Å². The Labute approximate surface area is 189 Å². The van der Waals surface area contributed by atoms with Crippen LogP contribution in [0.1, 0.15) is 6.42 Å². The predicted molar refractivity (Wildman–Crippen MR) is 35.5 cm³/mol. The summed E-state index contributed by atoms with van der Waals surface area (Å²) >= 11 is 0.700. The first kappa shape index (κ1) is 32.6. The first-order chi connectivity index (χ1) is 6.81. The molecule has 0 N–H and O–H groups in total. The fourth-order valence-electron chi connectivity index (χ4n) is 0.424. The fourth-order valence-corrected chi connectivity index (χ4v) is 0.988. The van der Waals surface area contributed by atoms with E-state index in [4.69, 9.17) is 4.55 Å². The Hall–Kier alpha value is 3.70.